The summed E-state index contributed by atoms with van der Waals surface area (Å²) < 4.78 is 0. The lowest BCUT2D eigenvalue weighted by Crippen LogP contribution is -2.28. The Morgan fingerprint density at radius 2 is 1.95 bits per heavy atom. The van der Waals surface area contributed by atoms with Gasteiger partial charge in [0.05, 0.1) is 11.8 Å². The number of nitrogens with zero attached hydrogens (tertiary/aromatic N) is 2. The summed E-state index contributed by atoms with van der Waals surface area (Å²) in [5.74, 6) is 0. The van der Waals surface area contributed by atoms with Gasteiger partial charge in [0, 0.05) is 25.8 Å². The predicted molar refractivity (Wildman–Crippen MR) is 84.5 cm³/mol. The van der Waals surface area contributed by atoms with Crippen molar-refractivity contribution in [3.05, 3.63) is 65.5 Å². The summed E-state index contributed by atoms with van der Waals surface area (Å²) in [7, 11) is 0. The molecular weight excluding hydrogens is 262 g/mol. The number of likely N-dealkylation sites (N-methyl/N-ethyl adjacent to an activating group) is 1. The molecule has 0 aliphatic carbocycles. The molecule has 2 aromatic rings. The van der Waals surface area contributed by atoms with Gasteiger partial charge in [-0.15, -0.1) is 0 Å². The first-order chi connectivity index (χ1) is 10.2. The standard InChI is InChI=1S/C17H23N3O/c1-2-20(12-16-5-3-4-10-19-16)13-17(21)15-8-6-14(11-18)7-9-15/h3-10,17,21H,2,11-13,18H2,1H3. The van der Waals surface area contributed by atoms with Gasteiger partial charge in [-0.3, -0.25) is 9.88 Å². The Labute approximate surface area is 126 Å². The van der Waals surface area contributed by atoms with Crippen molar-refractivity contribution in [2.75, 3.05) is 13.1 Å². The molecule has 0 fully saturated rings. The maximum Gasteiger partial charge on any atom is 0.0917 e. The third kappa shape index (κ3) is 4.63. The molecule has 0 bridgehead atoms. The summed E-state index contributed by atoms with van der Waals surface area (Å²) in [6.07, 6.45) is 1.30. The van der Waals surface area contributed by atoms with Gasteiger partial charge in [-0.2, -0.15) is 0 Å². The van der Waals surface area contributed by atoms with Gasteiger partial charge >= 0.3 is 0 Å². The van der Waals surface area contributed by atoms with E-state index in [0.29, 0.717) is 13.1 Å². The highest BCUT2D eigenvalue weighted by Gasteiger charge is 2.13. The lowest BCUT2D eigenvalue weighted by atomic mass is 10.1. The van der Waals surface area contributed by atoms with Crippen LogP contribution in [0.2, 0.25) is 0 Å². The van der Waals surface area contributed by atoms with Gasteiger partial charge < -0.3 is 10.8 Å². The normalized spacial score (nSPS) is 12.6. The van der Waals surface area contributed by atoms with Crippen LogP contribution < -0.4 is 5.73 Å². The minimum atomic E-state index is -0.500. The van der Waals surface area contributed by atoms with E-state index in [2.05, 4.69) is 16.8 Å². The zero-order valence-corrected chi connectivity index (χ0v) is 12.4. The van der Waals surface area contributed by atoms with Gasteiger partial charge in [-0.25, -0.2) is 0 Å². The average molecular weight is 285 g/mol. The summed E-state index contributed by atoms with van der Waals surface area (Å²) in [6.45, 7) is 4.82. The first-order valence-electron chi connectivity index (χ1n) is 7.32. The fourth-order valence-corrected chi connectivity index (χ4v) is 2.25. The third-order valence-corrected chi connectivity index (χ3v) is 3.59. The Bertz CT molecular complexity index is 527. The highest BCUT2D eigenvalue weighted by Crippen LogP contribution is 2.16. The van der Waals surface area contributed by atoms with Crippen LogP contribution in [0.25, 0.3) is 0 Å². The number of hydrogen-bond acceptors (Lipinski definition) is 4. The van der Waals surface area contributed by atoms with Gasteiger partial charge in [0.25, 0.3) is 0 Å². The number of hydrogen-bond donors (Lipinski definition) is 2. The van der Waals surface area contributed by atoms with Crippen molar-refractivity contribution >= 4 is 0 Å². The number of benzene rings is 1. The van der Waals surface area contributed by atoms with Gasteiger partial charge in [-0.05, 0) is 29.8 Å². The van der Waals surface area contributed by atoms with Crippen molar-refractivity contribution in [3.8, 4) is 0 Å². The molecule has 0 radical (unpaired) electrons. The van der Waals surface area contributed by atoms with Crippen molar-refractivity contribution in [3.63, 3.8) is 0 Å². The fraction of sp³-hybridized carbons (Fsp3) is 0.353. The van der Waals surface area contributed by atoms with E-state index in [-0.39, 0.29) is 0 Å². The quantitative estimate of drug-likeness (QED) is 0.818. The molecule has 21 heavy (non-hydrogen) atoms. The van der Waals surface area contributed by atoms with Crippen LogP contribution in [0.3, 0.4) is 0 Å². The summed E-state index contributed by atoms with van der Waals surface area (Å²) in [4.78, 5) is 6.52. The zero-order chi connectivity index (χ0) is 15.1. The second-order valence-corrected chi connectivity index (χ2v) is 5.11. The minimum absolute atomic E-state index is 0.500. The predicted octanol–water partition coefficient (Wildman–Crippen LogP) is 2.10. The first kappa shape index (κ1) is 15.6. The summed E-state index contributed by atoms with van der Waals surface area (Å²) in [5, 5.41) is 10.4. The van der Waals surface area contributed by atoms with Crippen LogP contribution in [0, 0.1) is 0 Å². The van der Waals surface area contributed by atoms with Crippen LogP contribution >= 0.6 is 0 Å². The highest BCUT2D eigenvalue weighted by atomic mass is 16.3. The van der Waals surface area contributed by atoms with E-state index in [9.17, 15) is 5.11 Å². The maximum absolute atomic E-state index is 10.4. The maximum atomic E-state index is 10.4. The Hall–Kier alpha value is -1.75. The molecule has 0 spiro atoms. The van der Waals surface area contributed by atoms with Crippen molar-refractivity contribution in [2.45, 2.75) is 26.1 Å². The molecule has 0 amide bonds. The summed E-state index contributed by atoms with van der Waals surface area (Å²) in [6, 6.07) is 13.7. The highest BCUT2D eigenvalue weighted by molar-refractivity contribution is 5.24. The number of aromatic nitrogens is 1. The number of nitrogens with two attached hydrogens (primary N) is 1. The van der Waals surface area contributed by atoms with Gasteiger partial charge in [-0.1, -0.05) is 37.3 Å². The third-order valence-electron chi connectivity index (χ3n) is 3.59. The van der Waals surface area contributed by atoms with Gasteiger partial charge in [0.1, 0.15) is 0 Å². The monoisotopic (exact) mass is 285 g/mol. The molecule has 1 aromatic carbocycles. The Morgan fingerprint density at radius 1 is 1.19 bits per heavy atom. The molecule has 4 heteroatoms. The number of pyridine rings is 1. The largest absolute Gasteiger partial charge is 0.387 e. The Kier molecular flexibility index (Phi) is 5.87. The van der Waals surface area contributed by atoms with Crippen LogP contribution in [0.15, 0.2) is 48.7 Å². The Balaban J connectivity index is 1.96. The average Bonchev–Trinajstić information content (AvgIpc) is 2.55. The smallest absolute Gasteiger partial charge is 0.0917 e. The SMILES string of the molecule is CCN(Cc1ccccn1)CC(O)c1ccc(CN)cc1. The molecule has 2 rings (SSSR count). The van der Waals surface area contributed by atoms with E-state index in [4.69, 9.17) is 5.73 Å². The molecule has 1 unspecified atom stereocenters. The van der Waals surface area contributed by atoms with E-state index >= 15 is 0 Å². The van der Waals surface area contributed by atoms with E-state index < -0.39 is 6.10 Å². The van der Waals surface area contributed by atoms with Gasteiger partial charge in [0.2, 0.25) is 0 Å². The topological polar surface area (TPSA) is 62.4 Å². The van der Waals surface area contributed by atoms with Crippen molar-refractivity contribution in [1.82, 2.24) is 9.88 Å². The Morgan fingerprint density at radius 3 is 2.52 bits per heavy atom. The second kappa shape index (κ2) is 7.88. The van der Waals surface area contributed by atoms with Crippen LogP contribution in [0.4, 0.5) is 0 Å². The number of aliphatic hydroxyl groups is 1. The molecule has 3 N–H and O–H groups in total. The molecule has 0 saturated carbocycles. The van der Waals surface area contributed by atoms with E-state index in [1.165, 1.54) is 0 Å². The van der Waals surface area contributed by atoms with Crippen LogP contribution in [0.1, 0.15) is 29.8 Å². The number of rotatable bonds is 7. The number of aliphatic hydroxyl groups excluding tert-OH is 1. The van der Waals surface area contributed by atoms with Crippen LogP contribution in [-0.2, 0) is 13.1 Å². The minimum Gasteiger partial charge on any atom is -0.387 e. The van der Waals surface area contributed by atoms with E-state index in [1.54, 1.807) is 6.20 Å². The van der Waals surface area contributed by atoms with Crippen molar-refractivity contribution in [1.29, 1.82) is 0 Å². The van der Waals surface area contributed by atoms with E-state index in [0.717, 1.165) is 29.9 Å². The molecule has 0 aliphatic rings. The lowest BCUT2D eigenvalue weighted by molar-refractivity contribution is 0.111. The second-order valence-electron chi connectivity index (χ2n) is 5.11. The van der Waals surface area contributed by atoms with Crippen LogP contribution in [-0.4, -0.2) is 28.1 Å². The summed E-state index contributed by atoms with van der Waals surface area (Å²) in [5.41, 5.74) is 8.60. The lowest BCUT2D eigenvalue weighted by Gasteiger charge is -2.23. The van der Waals surface area contributed by atoms with Crippen molar-refractivity contribution < 1.29 is 5.11 Å². The first-order valence-corrected chi connectivity index (χ1v) is 7.32. The van der Waals surface area contributed by atoms with Gasteiger partial charge in [0.15, 0.2) is 0 Å². The molecule has 0 aliphatic heterocycles. The van der Waals surface area contributed by atoms with Crippen molar-refractivity contribution in [2.24, 2.45) is 5.73 Å². The van der Waals surface area contributed by atoms with E-state index in [1.807, 2.05) is 42.5 Å². The molecular formula is C17H23N3O. The molecule has 1 atom stereocenters. The molecule has 112 valence electrons. The zero-order valence-electron chi connectivity index (χ0n) is 12.4. The fourth-order valence-electron chi connectivity index (χ4n) is 2.25. The van der Waals surface area contributed by atoms with Crippen LogP contribution in [0.5, 0.6) is 0 Å². The molecule has 4 nitrogen and oxygen atoms in total. The molecule has 1 aromatic heterocycles. The molecule has 0 saturated heterocycles. The summed E-state index contributed by atoms with van der Waals surface area (Å²) >= 11 is 0. The molecule has 1 heterocycles.